The van der Waals surface area contributed by atoms with Crippen molar-refractivity contribution in [1.82, 2.24) is 19.7 Å². The van der Waals surface area contributed by atoms with Crippen LogP contribution in [0.15, 0.2) is 48.5 Å². The van der Waals surface area contributed by atoms with Gasteiger partial charge in [-0.1, -0.05) is 36.4 Å². The fourth-order valence-electron chi connectivity index (χ4n) is 4.84. The molecule has 3 aromatic rings. The lowest BCUT2D eigenvalue weighted by Gasteiger charge is -2.20. The lowest BCUT2D eigenvalue weighted by Crippen LogP contribution is -2.40. The molecule has 3 heterocycles. The van der Waals surface area contributed by atoms with Crippen molar-refractivity contribution < 1.29 is 19.5 Å². The number of rotatable bonds is 6. The number of carbonyl (C=O) groups excluding carboxylic acids is 3. The Morgan fingerprint density at radius 3 is 2.19 bits per heavy atom. The van der Waals surface area contributed by atoms with Crippen molar-refractivity contribution in [3.05, 3.63) is 48.5 Å². The molecule has 2 atom stereocenters. The number of benzene rings is 2. The molecule has 0 radical (unpaired) electrons. The Balaban J connectivity index is 1.30. The average molecular weight is 434 g/mol. The maximum atomic E-state index is 12.8. The number of amides is 4. The highest BCUT2D eigenvalue weighted by molar-refractivity contribution is 6.08. The third kappa shape index (κ3) is 3.60. The number of nitrogens with one attached hydrogen (secondary N) is 1. The molecule has 2 N–H and O–H groups in total. The van der Waals surface area contributed by atoms with Gasteiger partial charge in [0.05, 0.1) is 25.6 Å². The van der Waals surface area contributed by atoms with Gasteiger partial charge in [0.2, 0.25) is 5.91 Å². The molecular formula is C24H26N4O4. The van der Waals surface area contributed by atoms with Crippen LogP contribution in [0.1, 0.15) is 19.3 Å². The van der Waals surface area contributed by atoms with Gasteiger partial charge in [-0.15, -0.1) is 0 Å². The largest absolute Gasteiger partial charge is 0.389 e. The van der Waals surface area contributed by atoms with Gasteiger partial charge in [0.15, 0.2) is 0 Å². The molecule has 2 fully saturated rings. The number of nitrogens with zero attached hydrogens (tertiary/aromatic N) is 3. The van der Waals surface area contributed by atoms with E-state index >= 15 is 0 Å². The van der Waals surface area contributed by atoms with E-state index in [4.69, 9.17) is 0 Å². The molecular weight excluding hydrogens is 408 g/mol. The lowest BCUT2D eigenvalue weighted by molar-refractivity contribution is -0.135. The first-order chi connectivity index (χ1) is 15.5. The predicted molar refractivity (Wildman–Crippen MR) is 120 cm³/mol. The Morgan fingerprint density at radius 2 is 1.56 bits per heavy atom. The maximum absolute atomic E-state index is 12.8. The smallest absolute Gasteiger partial charge is 0.324 e. The van der Waals surface area contributed by atoms with E-state index in [9.17, 15) is 19.5 Å². The van der Waals surface area contributed by atoms with Crippen LogP contribution in [0.5, 0.6) is 0 Å². The Hall–Kier alpha value is -3.39. The quantitative estimate of drug-likeness (QED) is 0.581. The van der Waals surface area contributed by atoms with E-state index in [1.165, 1.54) is 0 Å². The number of hydrogen-bond acceptors (Lipinski definition) is 4. The van der Waals surface area contributed by atoms with Crippen LogP contribution < -0.4 is 5.32 Å². The van der Waals surface area contributed by atoms with Crippen molar-refractivity contribution in [2.75, 3.05) is 19.6 Å². The van der Waals surface area contributed by atoms with Gasteiger partial charge in [-0.05, 0) is 25.0 Å². The summed E-state index contributed by atoms with van der Waals surface area (Å²) in [5.41, 5.74) is 1.97. The van der Waals surface area contributed by atoms with E-state index in [0.717, 1.165) is 39.5 Å². The van der Waals surface area contributed by atoms with E-state index in [1.807, 2.05) is 53.1 Å². The number of fused-ring (bicyclic) bond motifs is 3. The second-order valence-corrected chi connectivity index (χ2v) is 8.54. The van der Waals surface area contributed by atoms with Gasteiger partial charge in [-0.25, -0.2) is 4.79 Å². The Kier molecular flexibility index (Phi) is 5.30. The fraction of sp³-hybridized carbons (Fsp3) is 0.375. The van der Waals surface area contributed by atoms with Gasteiger partial charge in [-0.3, -0.25) is 14.5 Å². The second kappa shape index (κ2) is 8.27. The predicted octanol–water partition coefficient (Wildman–Crippen LogP) is 2.09. The zero-order valence-corrected chi connectivity index (χ0v) is 17.7. The summed E-state index contributed by atoms with van der Waals surface area (Å²) in [4.78, 5) is 40.4. The highest BCUT2D eigenvalue weighted by Crippen LogP contribution is 2.29. The maximum Gasteiger partial charge on any atom is 0.324 e. The summed E-state index contributed by atoms with van der Waals surface area (Å²) in [7, 11) is 0. The first-order valence-corrected chi connectivity index (χ1v) is 11.1. The second-order valence-electron chi connectivity index (χ2n) is 8.54. The molecule has 2 aliphatic rings. The monoisotopic (exact) mass is 434 g/mol. The van der Waals surface area contributed by atoms with E-state index in [-0.39, 0.29) is 25.4 Å². The molecule has 2 aliphatic heterocycles. The van der Waals surface area contributed by atoms with Crippen LogP contribution in [-0.2, 0) is 16.1 Å². The van der Waals surface area contributed by atoms with E-state index in [0.29, 0.717) is 13.1 Å². The third-order valence-corrected chi connectivity index (χ3v) is 6.41. The minimum atomic E-state index is -0.947. The van der Waals surface area contributed by atoms with Crippen LogP contribution in [-0.4, -0.2) is 69.1 Å². The average Bonchev–Trinajstić information content (AvgIpc) is 3.50. The minimum Gasteiger partial charge on any atom is -0.389 e. The summed E-state index contributed by atoms with van der Waals surface area (Å²) in [6.45, 7) is 1.52. The topological polar surface area (TPSA) is 94.9 Å². The van der Waals surface area contributed by atoms with Crippen molar-refractivity contribution in [3.8, 4) is 0 Å². The molecule has 2 aromatic carbocycles. The van der Waals surface area contributed by atoms with Crippen LogP contribution >= 0.6 is 0 Å². The Labute approximate surface area is 185 Å². The number of aliphatic hydroxyl groups excluding tert-OH is 1. The van der Waals surface area contributed by atoms with Gasteiger partial charge in [0.25, 0.3) is 5.91 Å². The van der Waals surface area contributed by atoms with Crippen molar-refractivity contribution in [1.29, 1.82) is 0 Å². The molecule has 8 heteroatoms. The van der Waals surface area contributed by atoms with E-state index in [1.54, 1.807) is 4.90 Å². The summed E-state index contributed by atoms with van der Waals surface area (Å²) in [6, 6.07) is 14.5. The summed E-state index contributed by atoms with van der Waals surface area (Å²) in [5.74, 6) is -0.572. The van der Waals surface area contributed by atoms with Gasteiger partial charge in [-0.2, -0.15) is 0 Å². The molecule has 4 amide bonds. The van der Waals surface area contributed by atoms with Gasteiger partial charge < -0.3 is 19.9 Å². The first kappa shape index (κ1) is 20.5. The highest BCUT2D eigenvalue weighted by atomic mass is 16.3. The van der Waals surface area contributed by atoms with Crippen molar-refractivity contribution >= 4 is 39.7 Å². The molecule has 0 aliphatic carbocycles. The Bertz CT molecular complexity index is 1140. The molecule has 5 rings (SSSR count). The SMILES string of the molecule is O=C(C[C@@H]1NC(=O)N(C[C@H](O)Cn2c3ccccc3c3ccccc32)C1=O)N1CCCC1. The number of carbonyl (C=O) groups is 3. The van der Waals surface area contributed by atoms with Crippen LogP contribution in [0.2, 0.25) is 0 Å². The van der Waals surface area contributed by atoms with Crippen LogP contribution in [0.4, 0.5) is 4.79 Å². The van der Waals surface area contributed by atoms with E-state index < -0.39 is 24.1 Å². The highest BCUT2D eigenvalue weighted by Gasteiger charge is 2.40. The number of imide groups is 1. The number of hydrogen-bond donors (Lipinski definition) is 2. The van der Waals surface area contributed by atoms with Crippen LogP contribution in [0, 0.1) is 0 Å². The van der Waals surface area contributed by atoms with Crippen molar-refractivity contribution in [2.45, 2.75) is 38.0 Å². The minimum absolute atomic E-state index is 0.0377. The zero-order chi connectivity index (χ0) is 22.2. The number of likely N-dealkylation sites (tertiary alicyclic amines) is 1. The number of aliphatic hydroxyl groups is 1. The molecule has 8 nitrogen and oxygen atoms in total. The summed E-state index contributed by atoms with van der Waals surface area (Å²) in [5, 5.41) is 15.6. The van der Waals surface area contributed by atoms with Gasteiger partial charge in [0.1, 0.15) is 6.04 Å². The molecule has 0 saturated carbocycles. The molecule has 0 spiro atoms. The number of urea groups is 1. The normalized spacial score (nSPS) is 19.8. The summed E-state index contributed by atoms with van der Waals surface area (Å²) >= 11 is 0. The van der Waals surface area contributed by atoms with Crippen molar-refractivity contribution in [3.63, 3.8) is 0 Å². The fourth-order valence-corrected chi connectivity index (χ4v) is 4.84. The van der Waals surface area contributed by atoms with E-state index in [2.05, 4.69) is 5.32 Å². The zero-order valence-electron chi connectivity index (χ0n) is 17.7. The molecule has 1 aromatic heterocycles. The first-order valence-electron chi connectivity index (χ1n) is 11.1. The van der Waals surface area contributed by atoms with Crippen molar-refractivity contribution in [2.24, 2.45) is 0 Å². The number of β-amino-alcohol motifs (C(OH)–C–C–N with tert-alkyl or cyclic N) is 1. The summed E-state index contributed by atoms with van der Waals surface area (Å²) < 4.78 is 2.02. The molecule has 2 saturated heterocycles. The lowest BCUT2D eigenvalue weighted by atomic mass is 10.2. The molecule has 0 bridgehead atoms. The van der Waals surface area contributed by atoms with Crippen LogP contribution in [0.3, 0.4) is 0 Å². The standard InChI is InChI=1S/C24H26N4O4/c29-16(14-27-20-9-3-1-7-17(20)18-8-2-4-10-21(18)27)15-28-23(31)19(25-24(28)32)13-22(30)26-11-5-6-12-26/h1-4,7-10,16,19,29H,5-6,11-15H2,(H,25,32)/t16-,19+/m1/s1. The van der Waals surface area contributed by atoms with Gasteiger partial charge >= 0.3 is 6.03 Å². The Morgan fingerprint density at radius 1 is 0.969 bits per heavy atom. The molecule has 0 unspecified atom stereocenters. The van der Waals surface area contributed by atoms with Gasteiger partial charge in [0, 0.05) is 34.9 Å². The summed E-state index contributed by atoms with van der Waals surface area (Å²) in [6.07, 6.45) is 0.955. The molecule has 32 heavy (non-hydrogen) atoms. The number of aromatic nitrogens is 1. The third-order valence-electron chi connectivity index (χ3n) is 6.41. The molecule has 166 valence electrons. The number of para-hydroxylation sites is 2. The van der Waals surface area contributed by atoms with Crippen LogP contribution in [0.25, 0.3) is 21.8 Å².